The van der Waals surface area contributed by atoms with Crippen molar-refractivity contribution in [2.24, 2.45) is 34.4 Å². The molecule has 8 heterocycles. The number of aromatic carboxylic acids is 3. The maximum absolute atomic E-state index is 14.9. The molecule has 27 heteroatoms. The lowest BCUT2D eigenvalue weighted by atomic mass is 10.1. The van der Waals surface area contributed by atoms with Crippen LogP contribution in [0.3, 0.4) is 0 Å². The van der Waals surface area contributed by atoms with Gasteiger partial charge in [0.05, 0.1) is 39.9 Å². The number of fused-ring (bicyclic) bond motifs is 4. The van der Waals surface area contributed by atoms with Gasteiger partial charge in [0.2, 0.25) is 16.3 Å². The van der Waals surface area contributed by atoms with Crippen LogP contribution in [0.25, 0.3) is 38.7 Å². The van der Waals surface area contributed by atoms with Crippen LogP contribution in [0, 0.1) is 46.8 Å². The van der Waals surface area contributed by atoms with Gasteiger partial charge in [-0.25, -0.2) is 46.3 Å². The summed E-state index contributed by atoms with van der Waals surface area (Å²) in [6.45, 7) is 5.04. The minimum atomic E-state index is -1.56. The molecule has 3 saturated heterocycles. The zero-order valence-corrected chi connectivity index (χ0v) is 43.7. The minimum Gasteiger partial charge on any atom is -0.477 e. The van der Waals surface area contributed by atoms with Crippen LogP contribution in [0.15, 0.2) is 80.6 Å². The minimum absolute atomic E-state index is 0.0272. The Hall–Kier alpha value is -8.82. The van der Waals surface area contributed by atoms with E-state index in [4.69, 9.17) is 16.3 Å². The van der Waals surface area contributed by atoms with Crippen molar-refractivity contribution < 1.29 is 56.5 Å². The lowest BCUT2D eigenvalue weighted by Crippen LogP contribution is -2.43. The molecule has 0 bridgehead atoms. The number of piperazine rings is 1. The number of oxime groups is 1. The normalized spacial score (nSPS) is 20.6. The Morgan fingerprint density at radius 2 is 1.18 bits per heavy atom. The zero-order valence-electron chi connectivity index (χ0n) is 43.7. The van der Waals surface area contributed by atoms with Crippen molar-refractivity contribution in [2.75, 3.05) is 80.7 Å². The van der Waals surface area contributed by atoms with Crippen molar-refractivity contribution >= 4 is 73.9 Å². The van der Waals surface area contributed by atoms with E-state index in [1.807, 2.05) is 9.47 Å². The second-order valence-electron chi connectivity index (χ2n) is 21.0. The molecule has 3 aliphatic carbocycles. The number of nitrogens with one attached hydrogen (secondary N) is 1. The van der Waals surface area contributed by atoms with Crippen LogP contribution in [0.2, 0.25) is 0 Å². The zero-order chi connectivity index (χ0) is 58.2. The van der Waals surface area contributed by atoms with Crippen molar-refractivity contribution in [3.63, 3.8) is 0 Å². The number of benzene rings is 2. The first-order chi connectivity index (χ1) is 39.3. The van der Waals surface area contributed by atoms with E-state index in [1.54, 1.807) is 20.4 Å². The number of rotatable bonds is 11. The SMILES string of the molecule is CO/N=C1\CN(c2nc3c(cc2F)c(=O)c(C(=O)O)cn3C2CC2)CC1CN.NC1[C@H]2CN(c3nc4c(cc3F)c(=O)c(C(=O)O)cn4-c3ccc(F)cc3F)C[C@@H]12.O=C(O)c1cn(C2CC2)c2cc(N3CCNCC3)c(F)cc2c1=O. The highest BCUT2D eigenvalue weighted by atomic mass is 19.1. The molecule has 8 N–H and O–H groups in total. The van der Waals surface area contributed by atoms with Crippen LogP contribution in [-0.2, 0) is 4.84 Å². The number of piperidine rings is 1. The average molecular weight is 1140 g/mol. The first-order valence-corrected chi connectivity index (χ1v) is 26.3. The quantitative estimate of drug-likeness (QED) is 0.0770. The Labute approximate surface area is 460 Å². The standard InChI is InChI=1S/C20H15F3N4O3.C18H20FN5O4.C17H18FN3O3/c21-8-1-2-15(13(22)3-8)27-7-12(20(29)30)17(28)9-4-14(23)19(25-18(9)27)26-5-10-11(6-26)16(10)24;1-28-22-14-8-23(6-9(14)5-20)17-13(19)4-11-15(25)12(18(26)27)7-24(10-2-3-10)16(11)21-17;18-13-7-11-14(8-15(13)20-5-3-19-4-6-20)21(10-1-2-10)9-12(16(11)22)17(23)24/h1-4,7,10-11,16H,5-6,24H2,(H,29,30);4,7,9-10H,2-3,5-6,8,20H2,1H3,(H,26,27);7-10,19H,1-6H2,(H,23,24)/b;22-14+;/t10-,11+,16?;;. The second-order valence-corrected chi connectivity index (χ2v) is 21.0. The largest absolute Gasteiger partial charge is 0.477 e. The monoisotopic (exact) mass is 1140 g/mol. The highest BCUT2D eigenvalue weighted by Crippen LogP contribution is 2.46. The van der Waals surface area contributed by atoms with E-state index in [-0.39, 0.29) is 91.8 Å². The van der Waals surface area contributed by atoms with Gasteiger partial charge in [-0.15, -0.1) is 0 Å². The molecule has 13 rings (SSSR count). The van der Waals surface area contributed by atoms with E-state index in [1.165, 1.54) is 25.6 Å². The van der Waals surface area contributed by atoms with Gasteiger partial charge in [-0.1, -0.05) is 5.16 Å². The molecule has 0 radical (unpaired) electrons. The van der Waals surface area contributed by atoms with Crippen LogP contribution >= 0.6 is 0 Å². The van der Waals surface area contributed by atoms with Gasteiger partial charge < -0.3 is 60.8 Å². The van der Waals surface area contributed by atoms with Crippen LogP contribution < -0.4 is 47.8 Å². The van der Waals surface area contributed by atoms with Crippen molar-refractivity contribution in [2.45, 2.75) is 43.8 Å². The number of carbonyl (C=O) groups is 3. The summed E-state index contributed by atoms with van der Waals surface area (Å²) in [6, 6.07) is 7.91. The number of hydrogen-bond donors (Lipinski definition) is 6. The van der Waals surface area contributed by atoms with Crippen molar-refractivity contribution in [1.82, 2.24) is 29.0 Å². The third kappa shape index (κ3) is 10.2. The van der Waals surface area contributed by atoms with Crippen molar-refractivity contribution in [3.05, 3.63) is 138 Å². The summed E-state index contributed by atoms with van der Waals surface area (Å²) in [5.74, 6) is -7.48. The molecule has 2 unspecified atom stereocenters. The fourth-order valence-electron chi connectivity index (χ4n) is 11.1. The van der Waals surface area contributed by atoms with Gasteiger partial charge in [-0.2, -0.15) is 0 Å². The van der Waals surface area contributed by atoms with Crippen LogP contribution in [0.5, 0.6) is 0 Å². The molecule has 6 fully saturated rings. The molecule has 7 aromatic rings. The van der Waals surface area contributed by atoms with E-state index in [9.17, 15) is 66.0 Å². The first kappa shape index (κ1) is 55.1. The lowest BCUT2D eigenvalue weighted by molar-refractivity contribution is 0.0684. The number of nitrogens with zero attached hydrogens (tertiary/aromatic N) is 9. The Kier molecular flexibility index (Phi) is 14.5. The number of aromatic nitrogens is 5. The van der Waals surface area contributed by atoms with Gasteiger partial charge in [0, 0.05) is 106 Å². The predicted octanol–water partition coefficient (Wildman–Crippen LogP) is 4.44. The van der Waals surface area contributed by atoms with Crippen LogP contribution in [-0.4, -0.2) is 135 Å². The molecule has 4 atom stereocenters. The molecule has 2 aromatic carbocycles. The average Bonchev–Trinajstić information content (AvgIpc) is 4.61. The van der Waals surface area contributed by atoms with Crippen molar-refractivity contribution in [1.29, 1.82) is 0 Å². The van der Waals surface area contributed by atoms with Gasteiger partial charge in [-0.3, -0.25) is 19.0 Å². The number of carboxylic acid groups (broad SMARTS) is 3. The molecule has 3 aliphatic heterocycles. The van der Waals surface area contributed by atoms with Crippen molar-refractivity contribution in [3.8, 4) is 5.69 Å². The number of hydrogen-bond acceptors (Lipinski definition) is 16. The van der Waals surface area contributed by atoms with Gasteiger partial charge in [0.25, 0.3) is 0 Å². The highest BCUT2D eigenvalue weighted by Gasteiger charge is 2.54. The molecule has 428 valence electrons. The predicted molar refractivity (Wildman–Crippen MR) is 290 cm³/mol. The fraction of sp³-hybridized carbons (Fsp3) is 0.364. The summed E-state index contributed by atoms with van der Waals surface area (Å²) in [7, 11) is 1.44. The lowest BCUT2D eigenvalue weighted by Gasteiger charge is -2.30. The summed E-state index contributed by atoms with van der Waals surface area (Å²) in [5.41, 5.74) is 9.75. The highest BCUT2D eigenvalue weighted by molar-refractivity contribution is 5.96. The third-order valence-corrected chi connectivity index (χ3v) is 15.8. The van der Waals surface area contributed by atoms with Gasteiger partial charge in [-0.05, 0) is 73.9 Å². The van der Waals surface area contributed by atoms with E-state index in [0.29, 0.717) is 68.8 Å². The Balaban J connectivity index is 0.000000130. The van der Waals surface area contributed by atoms with E-state index in [0.717, 1.165) is 73.8 Å². The summed E-state index contributed by atoms with van der Waals surface area (Å²) < 4.78 is 76.7. The molecule has 6 aliphatic rings. The molecular weight excluding hydrogens is 1080 g/mol. The maximum atomic E-state index is 14.9. The molecule has 3 saturated carbocycles. The topological polar surface area (TPSA) is 299 Å². The smallest absolute Gasteiger partial charge is 0.341 e. The number of anilines is 3. The van der Waals surface area contributed by atoms with Gasteiger partial charge >= 0.3 is 17.9 Å². The van der Waals surface area contributed by atoms with Gasteiger partial charge in [0.15, 0.2) is 28.9 Å². The first-order valence-electron chi connectivity index (χ1n) is 26.3. The van der Waals surface area contributed by atoms with E-state index in [2.05, 4.69) is 20.4 Å². The molecular formula is C55H53F5N12O10. The second kappa shape index (κ2) is 21.6. The van der Waals surface area contributed by atoms with E-state index >= 15 is 0 Å². The number of halogens is 5. The summed E-state index contributed by atoms with van der Waals surface area (Å²) >= 11 is 0. The Morgan fingerprint density at radius 3 is 1.76 bits per heavy atom. The number of pyridine rings is 5. The molecule has 0 spiro atoms. The number of nitrogens with two attached hydrogens (primary N) is 2. The van der Waals surface area contributed by atoms with Crippen LogP contribution in [0.1, 0.15) is 68.8 Å². The maximum Gasteiger partial charge on any atom is 0.341 e. The third-order valence-electron chi connectivity index (χ3n) is 15.8. The summed E-state index contributed by atoms with van der Waals surface area (Å²) in [5, 5.41) is 34.9. The van der Waals surface area contributed by atoms with Crippen LogP contribution in [0.4, 0.5) is 39.3 Å². The molecule has 22 nitrogen and oxygen atoms in total. The molecule has 82 heavy (non-hydrogen) atoms. The van der Waals surface area contributed by atoms with E-state index < -0.39 is 68.8 Å². The molecule has 5 aromatic heterocycles. The molecule has 0 amide bonds. The van der Waals surface area contributed by atoms with Gasteiger partial charge in [0.1, 0.15) is 46.9 Å². The summed E-state index contributed by atoms with van der Waals surface area (Å²) in [4.78, 5) is 90.7. The fourth-order valence-corrected chi connectivity index (χ4v) is 11.1. The number of carboxylic acids is 3. The Bertz CT molecular complexity index is 4020. The summed E-state index contributed by atoms with van der Waals surface area (Å²) in [6.07, 6.45) is 7.22. The Morgan fingerprint density at radius 1 is 0.659 bits per heavy atom.